The second-order valence-electron chi connectivity index (χ2n) is 5.62. The number of halogens is 1. The number of rotatable bonds is 7. The predicted octanol–water partition coefficient (Wildman–Crippen LogP) is 4.12. The summed E-state index contributed by atoms with van der Waals surface area (Å²) in [5, 5.41) is 15.7. The van der Waals surface area contributed by atoms with Crippen LogP contribution >= 0.6 is 11.6 Å². The van der Waals surface area contributed by atoms with Crippen LogP contribution in [0.5, 0.6) is 0 Å². The third-order valence-corrected chi connectivity index (χ3v) is 3.97. The first-order chi connectivity index (χ1) is 12.7. The fraction of sp³-hybridized carbons (Fsp3) is 0.158. The average molecular weight is 372 g/mol. The third kappa shape index (κ3) is 4.62. The lowest BCUT2D eigenvalue weighted by molar-refractivity contribution is 0.102. The van der Waals surface area contributed by atoms with E-state index in [0.717, 1.165) is 0 Å². The van der Waals surface area contributed by atoms with Crippen LogP contribution in [-0.2, 0) is 0 Å². The number of hydrogen-bond donors (Lipinski definition) is 3. The van der Waals surface area contributed by atoms with Crippen molar-refractivity contribution in [2.24, 2.45) is 0 Å². The number of anilines is 2. The first-order valence-corrected chi connectivity index (χ1v) is 8.47. The molecule has 1 unspecified atom stereocenters. The van der Waals surface area contributed by atoms with Crippen molar-refractivity contribution in [3.05, 3.63) is 77.3 Å². The van der Waals surface area contributed by atoms with E-state index in [1.54, 1.807) is 48.7 Å². The summed E-state index contributed by atoms with van der Waals surface area (Å²) < 4.78 is 5.38. The standard InChI is InChI=1S/C19H18ClN3O3/c20-14-3-1-4-15(11-14)22-19(25)13-6-7-18(21-12-13)23-16(8-9-24)17-5-2-10-26-17/h1-7,10-12,16,24H,8-9H2,(H,21,23)(H,22,25). The van der Waals surface area contributed by atoms with Gasteiger partial charge in [0.1, 0.15) is 11.6 Å². The Labute approximate surface area is 155 Å². The van der Waals surface area contributed by atoms with Crippen molar-refractivity contribution in [2.75, 3.05) is 17.2 Å². The Morgan fingerprint density at radius 1 is 1.23 bits per heavy atom. The number of aliphatic hydroxyl groups excluding tert-OH is 1. The number of pyridine rings is 1. The number of furan rings is 1. The molecule has 3 aromatic rings. The van der Waals surface area contributed by atoms with Crippen molar-refractivity contribution in [1.29, 1.82) is 0 Å². The molecule has 1 amide bonds. The lowest BCUT2D eigenvalue weighted by Gasteiger charge is -2.16. The van der Waals surface area contributed by atoms with Crippen LogP contribution in [0.3, 0.4) is 0 Å². The molecule has 0 aliphatic rings. The van der Waals surface area contributed by atoms with Crippen molar-refractivity contribution in [3.8, 4) is 0 Å². The number of hydrogen-bond acceptors (Lipinski definition) is 5. The van der Waals surface area contributed by atoms with Crippen LogP contribution in [0.25, 0.3) is 0 Å². The summed E-state index contributed by atoms with van der Waals surface area (Å²) in [5.74, 6) is 1.02. The van der Waals surface area contributed by atoms with Gasteiger partial charge in [0.25, 0.3) is 5.91 Å². The van der Waals surface area contributed by atoms with E-state index < -0.39 is 0 Å². The second-order valence-corrected chi connectivity index (χ2v) is 6.06. The van der Waals surface area contributed by atoms with E-state index in [0.29, 0.717) is 34.3 Å². The lowest BCUT2D eigenvalue weighted by atomic mass is 10.1. The molecular formula is C19H18ClN3O3. The van der Waals surface area contributed by atoms with Gasteiger partial charge in [0.15, 0.2) is 0 Å². The highest BCUT2D eigenvalue weighted by Gasteiger charge is 2.15. The molecule has 0 aliphatic carbocycles. The zero-order valence-electron chi connectivity index (χ0n) is 13.9. The van der Waals surface area contributed by atoms with E-state index in [4.69, 9.17) is 16.0 Å². The van der Waals surface area contributed by atoms with Crippen molar-refractivity contribution < 1.29 is 14.3 Å². The quantitative estimate of drug-likeness (QED) is 0.581. The number of amides is 1. The molecule has 2 heterocycles. The molecular weight excluding hydrogens is 354 g/mol. The smallest absolute Gasteiger partial charge is 0.257 e. The van der Waals surface area contributed by atoms with Crippen molar-refractivity contribution >= 4 is 29.0 Å². The van der Waals surface area contributed by atoms with Crippen LogP contribution in [0.1, 0.15) is 28.6 Å². The number of carbonyl (C=O) groups excluding carboxylic acids is 1. The van der Waals surface area contributed by atoms with Gasteiger partial charge in [0.05, 0.1) is 17.9 Å². The minimum Gasteiger partial charge on any atom is -0.467 e. The van der Waals surface area contributed by atoms with Crippen LogP contribution in [0.2, 0.25) is 5.02 Å². The zero-order chi connectivity index (χ0) is 18.4. The Hall–Kier alpha value is -2.83. The van der Waals surface area contributed by atoms with E-state index in [2.05, 4.69) is 15.6 Å². The summed E-state index contributed by atoms with van der Waals surface area (Å²) in [5.41, 5.74) is 1.04. The van der Waals surface area contributed by atoms with Gasteiger partial charge < -0.3 is 20.2 Å². The van der Waals surface area contributed by atoms with Gasteiger partial charge in [0, 0.05) is 23.5 Å². The van der Waals surface area contributed by atoms with E-state index in [-0.39, 0.29) is 18.6 Å². The van der Waals surface area contributed by atoms with Crippen molar-refractivity contribution in [3.63, 3.8) is 0 Å². The van der Waals surface area contributed by atoms with Gasteiger partial charge in [-0.05, 0) is 48.9 Å². The van der Waals surface area contributed by atoms with Gasteiger partial charge in [-0.15, -0.1) is 0 Å². The minimum atomic E-state index is -0.274. The molecule has 0 spiro atoms. The van der Waals surface area contributed by atoms with Gasteiger partial charge in [-0.3, -0.25) is 4.79 Å². The summed E-state index contributed by atoms with van der Waals surface area (Å²) in [6.45, 7) is 0.0124. The zero-order valence-corrected chi connectivity index (χ0v) is 14.6. The van der Waals surface area contributed by atoms with Crippen LogP contribution in [0.4, 0.5) is 11.5 Å². The van der Waals surface area contributed by atoms with Crippen LogP contribution in [0, 0.1) is 0 Å². The van der Waals surface area contributed by atoms with Crippen molar-refractivity contribution in [1.82, 2.24) is 4.98 Å². The molecule has 0 saturated carbocycles. The second kappa shape index (κ2) is 8.51. The summed E-state index contributed by atoms with van der Waals surface area (Å²) in [6, 6.07) is 13.7. The number of nitrogens with zero attached hydrogens (tertiary/aromatic N) is 1. The largest absolute Gasteiger partial charge is 0.467 e. The highest BCUT2D eigenvalue weighted by atomic mass is 35.5. The molecule has 1 aromatic carbocycles. The molecule has 1 atom stereocenters. The SMILES string of the molecule is O=C(Nc1cccc(Cl)c1)c1ccc(NC(CCO)c2ccco2)nc1. The van der Waals surface area contributed by atoms with Crippen LogP contribution < -0.4 is 10.6 Å². The van der Waals surface area contributed by atoms with Crippen LogP contribution in [0.15, 0.2) is 65.4 Å². The summed E-state index contributed by atoms with van der Waals surface area (Å²) in [4.78, 5) is 16.6. The number of aromatic nitrogens is 1. The predicted molar refractivity (Wildman–Crippen MR) is 100 cm³/mol. The topological polar surface area (TPSA) is 87.4 Å². The molecule has 26 heavy (non-hydrogen) atoms. The van der Waals surface area contributed by atoms with Crippen molar-refractivity contribution in [2.45, 2.75) is 12.5 Å². The van der Waals surface area contributed by atoms with E-state index >= 15 is 0 Å². The monoisotopic (exact) mass is 371 g/mol. The van der Waals surface area contributed by atoms with Gasteiger partial charge in [-0.2, -0.15) is 0 Å². The molecule has 6 nitrogen and oxygen atoms in total. The number of benzene rings is 1. The van der Waals surface area contributed by atoms with Gasteiger partial charge in [-0.25, -0.2) is 4.98 Å². The Balaban J connectivity index is 1.66. The summed E-state index contributed by atoms with van der Waals surface area (Å²) in [7, 11) is 0. The van der Waals surface area contributed by atoms with Gasteiger partial charge in [-0.1, -0.05) is 17.7 Å². The summed E-state index contributed by atoms with van der Waals surface area (Å²) >= 11 is 5.91. The molecule has 3 N–H and O–H groups in total. The third-order valence-electron chi connectivity index (χ3n) is 3.73. The first kappa shape index (κ1) is 18.0. The van der Waals surface area contributed by atoms with E-state index in [1.807, 2.05) is 6.07 Å². The van der Waals surface area contributed by atoms with Crippen LogP contribution in [-0.4, -0.2) is 22.6 Å². The highest BCUT2D eigenvalue weighted by Crippen LogP contribution is 2.22. The molecule has 134 valence electrons. The molecule has 3 rings (SSSR count). The molecule has 2 aromatic heterocycles. The maximum absolute atomic E-state index is 12.3. The average Bonchev–Trinajstić information content (AvgIpc) is 3.16. The number of aliphatic hydroxyl groups is 1. The fourth-order valence-electron chi connectivity index (χ4n) is 2.47. The Morgan fingerprint density at radius 2 is 2.12 bits per heavy atom. The minimum absolute atomic E-state index is 0.0124. The molecule has 0 fully saturated rings. The van der Waals surface area contributed by atoms with E-state index in [9.17, 15) is 9.90 Å². The lowest BCUT2D eigenvalue weighted by Crippen LogP contribution is -2.14. The highest BCUT2D eigenvalue weighted by molar-refractivity contribution is 6.30. The normalized spacial score (nSPS) is 11.8. The maximum Gasteiger partial charge on any atom is 0.257 e. The summed E-state index contributed by atoms with van der Waals surface area (Å²) in [6.07, 6.45) is 3.55. The Kier molecular flexibility index (Phi) is 5.88. The number of carbonyl (C=O) groups is 1. The molecule has 0 radical (unpaired) electrons. The van der Waals surface area contributed by atoms with Gasteiger partial charge >= 0.3 is 0 Å². The molecule has 7 heteroatoms. The van der Waals surface area contributed by atoms with E-state index in [1.165, 1.54) is 6.20 Å². The Morgan fingerprint density at radius 3 is 2.77 bits per heavy atom. The molecule has 0 aliphatic heterocycles. The molecule has 0 saturated heterocycles. The van der Waals surface area contributed by atoms with Gasteiger partial charge in [0.2, 0.25) is 0 Å². The Bertz CT molecular complexity index is 851. The molecule has 0 bridgehead atoms. The fourth-order valence-corrected chi connectivity index (χ4v) is 2.66. The first-order valence-electron chi connectivity index (χ1n) is 8.09. The number of nitrogens with one attached hydrogen (secondary N) is 2. The maximum atomic E-state index is 12.3.